The van der Waals surface area contributed by atoms with Crippen LogP contribution in [0, 0.1) is 5.92 Å². The molecule has 0 aliphatic carbocycles. The van der Waals surface area contributed by atoms with Crippen LogP contribution in [-0.4, -0.2) is 71.4 Å². The molecule has 5 atom stereocenters. The molecule has 2 amide bonds. The van der Waals surface area contributed by atoms with Crippen molar-refractivity contribution in [1.29, 1.82) is 0 Å². The lowest BCUT2D eigenvalue weighted by Crippen LogP contribution is -2.58. The van der Waals surface area contributed by atoms with E-state index < -0.39 is 30.0 Å². The van der Waals surface area contributed by atoms with E-state index in [-0.39, 0.29) is 17.9 Å². The van der Waals surface area contributed by atoms with Gasteiger partial charge < -0.3 is 21.5 Å². The molecule has 5 unspecified atom stereocenters. The Balaban J connectivity index is 3.23. The number of carbonyl (C=O) groups excluding carboxylic acids is 2. The average Bonchev–Trinajstić information content (AvgIpc) is 2.81. The van der Waals surface area contributed by atoms with Crippen molar-refractivity contribution in [3.8, 4) is 0 Å². The minimum absolute atomic E-state index is 0.0144. The van der Waals surface area contributed by atoms with Crippen LogP contribution in [0.1, 0.15) is 33.6 Å². The molecule has 0 saturated heterocycles. The molecule has 1 aromatic carbocycles. The van der Waals surface area contributed by atoms with E-state index in [2.05, 4.69) is 23.3 Å². The van der Waals surface area contributed by atoms with Crippen molar-refractivity contribution in [2.24, 2.45) is 11.7 Å². The fourth-order valence-corrected chi connectivity index (χ4v) is 3.89. The van der Waals surface area contributed by atoms with Crippen LogP contribution in [0.25, 0.3) is 0 Å². The van der Waals surface area contributed by atoms with Crippen LogP contribution in [0.15, 0.2) is 30.3 Å². The van der Waals surface area contributed by atoms with Crippen molar-refractivity contribution in [3.05, 3.63) is 30.3 Å². The average molecular weight is 499 g/mol. The summed E-state index contributed by atoms with van der Waals surface area (Å²) in [5.74, 6) is -0.821. The zero-order chi connectivity index (χ0) is 25.0. The van der Waals surface area contributed by atoms with Crippen molar-refractivity contribution in [2.45, 2.75) is 57.8 Å². The second-order valence-electron chi connectivity index (χ2n) is 8.11. The minimum Gasteiger partial charge on any atom is -0.480 e. The zero-order valence-corrected chi connectivity index (χ0v) is 21.6. The van der Waals surface area contributed by atoms with Crippen LogP contribution >= 0.6 is 24.4 Å². The summed E-state index contributed by atoms with van der Waals surface area (Å²) in [5.41, 5.74) is 6.56. The summed E-state index contributed by atoms with van der Waals surface area (Å²) >= 11 is 5.72. The van der Waals surface area contributed by atoms with Gasteiger partial charge in [-0.15, -0.1) is 0 Å². The molecule has 5 N–H and O–H groups in total. The van der Waals surface area contributed by atoms with Crippen molar-refractivity contribution in [2.75, 3.05) is 29.2 Å². The van der Waals surface area contributed by atoms with Gasteiger partial charge in [0.2, 0.25) is 11.8 Å². The van der Waals surface area contributed by atoms with E-state index in [0.717, 1.165) is 6.42 Å². The number of hydrogen-bond donors (Lipinski definition) is 5. The highest BCUT2D eigenvalue weighted by Gasteiger charge is 2.35. The highest BCUT2D eigenvalue weighted by atomic mass is 32.2. The van der Waals surface area contributed by atoms with Gasteiger partial charge in [0, 0.05) is 24.0 Å². The molecule has 186 valence electrons. The topological polar surface area (TPSA) is 125 Å². The molecule has 0 fully saturated rings. The maximum absolute atomic E-state index is 13.8. The molecular formula is C23H38N4O4S2. The molecule has 8 nitrogen and oxygen atoms in total. The van der Waals surface area contributed by atoms with E-state index in [1.807, 2.05) is 26.2 Å². The Morgan fingerprint density at radius 3 is 2.36 bits per heavy atom. The lowest BCUT2D eigenvalue weighted by atomic mass is 9.96. The number of aliphatic carboxylic acids is 1. The Hall–Kier alpha value is -1.75. The number of amides is 2. The van der Waals surface area contributed by atoms with Gasteiger partial charge in [0.15, 0.2) is 0 Å². The Labute approximate surface area is 206 Å². The van der Waals surface area contributed by atoms with Gasteiger partial charge in [0.25, 0.3) is 0 Å². The fraction of sp³-hybridized carbons (Fsp3) is 0.609. The van der Waals surface area contributed by atoms with Gasteiger partial charge in [-0.3, -0.25) is 14.5 Å². The molecule has 10 heteroatoms. The normalized spacial score (nSPS) is 15.7. The lowest BCUT2D eigenvalue weighted by Gasteiger charge is -2.35. The van der Waals surface area contributed by atoms with Crippen molar-refractivity contribution < 1.29 is 19.5 Å². The number of nitrogens with one attached hydrogen (secondary N) is 2. The molecular weight excluding hydrogens is 460 g/mol. The van der Waals surface area contributed by atoms with Crippen LogP contribution in [0.3, 0.4) is 0 Å². The maximum atomic E-state index is 13.8. The molecule has 0 saturated carbocycles. The summed E-state index contributed by atoms with van der Waals surface area (Å²) in [4.78, 5) is 39.9. The van der Waals surface area contributed by atoms with Crippen LogP contribution < -0.4 is 21.3 Å². The van der Waals surface area contributed by atoms with E-state index in [0.29, 0.717) is 30.2 Å². The number of nitrogens with zero attached hydrogens (tertiary/aromatic N) is 1. The maximum Gasteiger partial charge on any atom is 0.326 e. The number of benzene rings is 1. The van der Waals surface area contributed by atoms with Crippen LogP contribution in [0.2, 0.25) is 0 Å². The quantitative estimate of drug-likeness (QED) is 0.234. The molecule has 0 aromatic heterocycles. The summed E-state index contributed by atoms with van der Waals surface area (Å²) in [6.07, 6.45) is 2.92. The number of para-hydroxylation sites is 1. The summed E-state index contributed by atoms with van der Waals surface area (Å²) in [6, 6.07) is 6.22. The fourth-order valence-electron chi connectivity index (χ4n) is 3.29. The Morgan fingerprint density at radius 1 is 1.21 bits per heavy atom. The first-order valence-corrected chi connectivity index (χ1v) is 13.2. The highest BCUT2D eigenvalue weighted by Crippen LogP contribution is 2.21. The molecule has 1 aromatic rings. The molecule has 0 radical (unpaired) electrons. The molecule has 33 heavy (non-hydrogen) atoms. The summed E-state index contributed by atoms with van der Waals surface area (Å²) in [6.45, 7) is 5.99. The number of thioether (sulfide) groups is 1. The van der Waals surface area contributed by atoms with Gasteiger partial charge in [-0.1, -0.05) is 38.5 Å². The Kier molecular flexibility index (Phi) is 13.5. The highest BCUT2D eigenvalue weighted by molar-refractivity contribution is 7.98. The molecule has 0 heterocycles. The number of thiol groups is 1. The molecule has 0 bridgehead atoms. The summed E-state index contributed by atoms with van der Waals surface area (Å²) < 4.78 is 0. The van der Waals surface area contributed by atoms with E-state index in [9.17, 15) is 19.5 Å². The largest absolute Gasteiger partial charge is 0.480 e. The van der Waals surface area contributed by atoms with Crippen molar-refractivity contribution in [3.63, 3.8) is 0 Å². The Bertz CT molecular complexity index is 753. The molecule has 0 spiro atoms. The third-order valence-corrected chi connectivity index (χ3v) is 6.69. The molecule has 0 aliphatic rings. The summed E-state index contributed by atoms with van der Waals surface area (Å²) in [7, 11) is 0. The summed E-state index contributed by atoms with van der Waals surface area (Å²) in [5, 5.41) is 15.4. The van der Waals surface area contributed by atoms with E-state index in [1.54, 1.807) is 31.2 Å². The number of carboxylic acid groups (broad SMARTS) is 1. The first kappa shape index (κ1) is 29.3. The second-order valence-corrected chi connectivity index (χ2v) is 9.47. The number of rotatable bonds is 15. The van der Waals surface area contributed by atoms with Crippen LogP contribution in [-0.2, 0) is 14.4 Å². The van der Waals surface area contributed by atoms with E-state index in [1.165, 1.54) is 16.7 Å². The van der Waals surface area contributed by atoms with Crippen molar-refractivity contribution in [1.82, 2.24) is 10.6 Å². The standard InChI is InChI=1S/C23H38N4O4S2/c1-5-15(2)20(25-13-17(24)14-32)22(29)27(18-9-7-6-8-10-18)16(3)21(28)26-19(23(30)31)11-12-33-4/h6-10,15-17,19-20,25,32H,5,11-14,24H2,1-4H3,(H,26,28)(H,30,31). The second kappa shape index (κ2) is 15.2. The number of carboxylic acids is 1. The third-order valence-electron chi connectivity index (χ3n) is 5.58. The Morgan fingerprint density at radius 2 is 1.85 bits per heavy atom. The first-order valence-electron chi connectivity index (χ1n) is 11.2. The van der Waals surface area contributed by atoms with Crippen LogP contribution in [0.4, 0.5) is 5.69 Å². The predicted molar refractivity (Wildman–Crippen MR) is 139 cm³/mol. The van der Waals surface area contributed by atoms with Gasteiger partial charge in [-0.05, 0) is 43.4 Å². The smallest absolute Gasteiger partial charge is 0.326 e. The van der Waals surface area contributed by atoms with Gasteiger partial charge in [0.1, 0.15) is 12.1 Å². The third kappa shape index (κ3) is 9.19. The first-order chi connectivity index (χ1) is 15.7. The van der Waals surface area contributed by atoms with Gasteiger partial charge >= 0.3 is 5.97 Å². The van der Waals surface area contributed by atoms with E-state index >= 15 is 0 Å². The zero-order valence-electron chi connectivity index (χ0n) is 19.9. The van der Waals surface area contributed by atoms with Gasteiger partial charge in [0.05, 0.1) is 6.04 Å². The van der Waals surface area contributed by atoms with Crippen LogP contribution in [0.5, 0.6) is 0 Å². The van der Waals surface area contributed by atoms with Crippen molar-refractivity contribution >= 4 is 47.9 Å². The SMILES string of the molecule is CCC(C)C(NCC(N)CS)C(=O)N(c1ccccc1)C(C)C(=O)NC(CCSC)C(=O)O. The number of carbonyl (C=O) groups is 3. The lowest BCUT2D eigenvalue weighted by molar-refractivity contribution is -0.142. The molecule has 1 rings (SSSR count). The van der Waals surface area contributed by atoms with Gasteiger partial charge in [-0.2, -0.15) is 24.4 Å². The number of anilines is 1. The predicted octanol–water partition coefficient (Wildman–Crippen LogP) is 1.99. The molecule has 0 aliphatic heterocycles. The minimum atomic E-state index is -1.10. The van der Waals surface area contributed by atoms with E-state index in [4.69, 9.17) is 5.73 Å². The monoisotopic (exact) mass is 498 g/mol. The van der Waals surface area contributed by atoms with Gasteiger partial charge in [-0.25, -0.2) is 4.79 Å². The number of hydrogen-bond acceptors (Lipinski definition) is 7. The number of nitrogens with two attached hydrogens (primary N) is 1.